The van der Waals surface area contributed by atoms with Crippen molar-refractivity contribution in [1.29, 1.82) is 0 Å². The minimum Gasteiger partial charge on any atom is -0.335 e. The number of rotatable bonds is 7. The molecule has 0 saturated heterocycles. The molecular formula is C21H23ClF3N3O2. The van der Waals surface area contributed by atoms with Gasteiger partial charge in [0.05, 0.1) is 23.8 Å². The summed E-state index contributed by atoms with van der Waals surface area (Å²) in [7, 11) is 3.20. The van der Waals surface area contributed by atoms with Crippen LogP contribution in [-0.2, 0) is 22.3 Å². The van der Waals surface area contributed by atoms with Gasteiger partial charge in [0, 0.05) is 18.6 Å². The summed E-state index contributed by atoms with van der Waals surface area (Å²) in [6, 6.07) is 11.4. The number of nitrogens with one attached hydrogen (secondary N) is 1. The summed E-state index contributed by atoms with van der Waals surface area (Å²) in [5.74, 6) is -1.04. The van der Waals surface area contributed by atoms with E-state index < -0.39 is 23.7 Å². The van der Waals surface area contributed by atoms with Crippen molar-refractivity contribution in [2.24, 2.45) is 0 Å². The number of benzene rings is 2. The standard InChI is InChI=1S/C21H23ClF3N3O2/c1-14(27(2)12-15-8-10-16(22)11-9-15)20(30)28(3)13-19(29)26-18-7-5-4-6-17(18)21(23,24)25/h4-11,14H,12-13H2,1-3H3,(H,26,29). The Hall–Kier alpha value is -2.58. The van der Waals surface area contributed by atoms with Gasteiger partial charge < -0.3 is 10.2 Å². The van der Waals surface area contributed by atoms with Crippen LogP contribution in [-0.4, -0.2) is 48.3 Å². The van der Waals surface area contributed by atoms with Crippen molar-refractivity contribution >= 4 is 29.1 Å². The molecule has 1 N–H and O–H groups in total. The summed E-state index contributed by atoms with van der Waals surface area (Å²) in [6.45, 7) is 1.82. The Morgan fingerprint density at radius 1 is 1.07 bits per heavy atom. The van der Waals surface area contributed by atoms with Crippen LogP contribution >= 0.6 is 11.6 Å². The number of para-hydroxylation sites is 1. The Bertz CT molecular complexity index is 888. The Kier molecular flexibility index (Phi) is 7.86. The normalized spacial score (nSPS) is 12.5. The first-order valence-electron chi connectivity index (χ1n) is 9.14. The summed E-state index contributed by atoms with van der Waals surface area (Å²) < 4.78 is 39.2. The van der Waals surface area contributed by atoms with Crippen molar-refractivity contribution in [2.45, 2.75) is 25.7 Å². The highest BCUT2D eigenvalue weighted by atomic mass is 35.5. The first kappa shape index (κ1) is 23.7. The van der Waals surface area contributed by atoms with Crippen LogP contribution in [0.25, 0.3) is 0 Å². The number of halogens is 4. The van der Waals surface area contributed by atoms with Gasteiger partial charge >= 0.3 is 6.18 Å². The largest absolute Gasteiger partial charge is 0.418 e. The fraction of sp³-hybridized carbons (Fsp3) is 0.333. The summed E-state index contributed by atoms with van der Waals surface area (Å²) in [4.78, 5) is 27.9. The molecule has 2 aromatic rings. The van der Waals surface area contributed by atoms with Crippen LogP contribution in [0.4, 0.5) is 18.9 Å². The average Bonchev–Trinajstić information content (AvgIpc) is 2.68. The molecule has 0 heterocycles. The third-order valence-corrected chi connectivity index (χ3v) is 4.88. The van der Waals surface area contributed by atoms with E-state index in [1.165, 1.54) is 30.1 Å². The van der Waals surface area contributed by atoms with Gasteiger partial charge in [-0.3, -0.25) is 14.5 Å². The van der Waals surface area contributed by atoms with Gasteiger partial charge in [-0.25, -0.2) is 0 Å². The SMILES string of the molecule is CC(C(=O)N(C)CC(=O)Nc1ccccc1C(F)(F)F)N(C)Cc1ccc(Cl)cc1. The molecule has 0 aliphatic carbocycles. The molecule has 1 unspecified atom stereocenters. The number of amides is 2. The minimum atomic E-state index is -4.59. The lowest BCUT2D eigenvalue weighted by Crippen LogP contribution is -2.46. The number of likely N-dealkylation sites (N-methyl/N-ethyl adjacent to an activating group) is 2. The van der Waals surface area contributed by atoms with Crippen LogP contribution < -0.4 is 5.32 Å². The van der Waals surface area contributed by atoms with E-state index in [-0.39, 0.29) is 18.1 Å². The highest BCUT2D eigenvalue weighted by molar-refractivity contribution is 6.30. The smallest absolute Gasteiger partial charge is 0.335 e. The molecular weight excluding hydrogens is 419 g/mol. The van der Waals surface area contributed by atoms with E-state index in [0.717, 1.165) is 11.6 Å². The van der Waals surface area contributed by atoms with Gasteiger partial charge in [-0.05, 0) is 43.8 Å². The molecule has 0 aliphatic rings. The van der Waals surface area contributed by atoms with Gasteiger partial charge in [0.1, 0.15) is 0 Å². The molecule has 9 heteroatoms. The van der Waals surface area contributed by atoms with Gasteiger partial charge in [-0.2, -0.15) is 13.2 Å². The van der Waals surface area contributed by atoms with Gasteiger partial charge in [-0.1, -0.05) is 35.9 Å². The molecule has 0 spiro atoms. The molecule has 0 fully saturated rings. The number of hydrogen-bond acceptors (Lipinski definition) is 3. The third-order valence-electron chi connectivity index (χ3n) is 4.63. The van der Waals surface area contributed by atoms with Gasteiger partial charge in [0.2, 0.25) is 11.8 Å². The number of alkyl halides is 3. The van der Waals surface area contributed by atoms with Gasteiger partial charge in [-0.15, -0.1) is 0 Å². The zero-order valence-corrected chi connectivity index (χ0v) is 17.6. The number of carbonyl (C=O) groups is 2. The second kappa shape index (κ2) is 9.95. The monoisotopic (exact) mass is 441 g/mol. The van der Waals surface area contributed by atoms with E-state index in [0.29, 0.717) is 11.6 Å². The van der Waals surface area contributed by atoms with Crippen molar-refractivity contribution in [3.05, 3.63) is 64.7 Å². The van der Waals surface area contributed by atoms with Crippen molar-refractivity contribution in [2.75, 3.05) is 26.0 Å². The molecule has 0 aromatic heterocycles. The maximum absolute atomic E-state index is 13.1. The highest BCUT2D eigenvalue weighted by Gasteiger charge is 2.33. The summed E-state index contributed by atoms with van der Waals surface area (Å²) in [5.41, 5.74) is -0.321. The molecule has 30 heavy (non-hydrogen) atoms. The van der Waals surface area contributed by atoms with Crippen LogP contribution in [0, 0.1) is 0 Å². The lowest BCUT2D eigenvalue weighted by atomic mass is 10.1. The van der Waals surface area contributed by atoms with Crippen LogP contribution in [0.15, 0.2) is 48.5 Å². The molecule has 0 bridgehead atoms. The summed E-state index contributed by atoms with van der Waals surface area (Å²) in [6.07, 6.45) is -4.59. The molecule has 0 aliphatic heterocycles. The van der Waals surface area contributed by atoms with Crippen molar-refractivity contribution in [3.8, 4) is 0 Å². The van der Waals surface area contributed by atoms with Crippen LogP contribution in [0.3, 0.4) is 0 Å². The summed E-state index contributed by atoms with van der Waals surface area (Å²) in [5, 5.41) is 2.85. The molecule has 162 valence electrons. The van der Waals surface area contributed by atoms with Crippen LogP contribution in [0.1, 0.15) is 18.1 Å². The molecule has 2 aromatic carbocycles. The highest BCUT2D eigenvalue weighted by Crippen LogP contribution is 2.34. The first-order valence-corrected chi connectivity index (χ1v) is 9.52. The molecule has 2 rings (SSSR count). The van der Waals surface area contributed by atoms with Crippen LogP contribution in [0.5, 0.6) is 0 Å². The molecule has 1 atom stereocenters. The lowest BCUT2D eigenvalue weighted by Gasteiger charge is -2.28. The molecule has 0 saturated carbocycles. The van der Waals surface area contributed by atoms with Crippen molar-refractivity contribution < 1.29 is 22.8 Å². The predicted molar refractivity (Wildman–Crippen MR) is 110 cm³/mol. The quantitative estimate of drug-likeness (QED) is 0.698. The predicted octanol–water partition coefficient (Wildman–Crippen LogP) is 4.28. The van der Waals surface area contributed by atoms with E-state index >= 15 is 0 Å². The topological polar surface area (TPSA) is 52.7 Å². The molecule has 2 amide bonds. The van der Waals surface area contributed by atoms with E-state index in [1.807, 2.05) is 12.1 Å². The van der Waals surface area contributed by atoms with Gasteiger partial charge in [0.15, 0.2) is 0 Å². The maximum atomic E-state index is 13.1. The Labute approximate surface area is 178 Å². The minimum absolute atomic E-state index is 0.328. The second-order valence-electron chi connectivity index (χ2n) is 7.00. The Balaban J connectivity index is 1.96. The molecule has 0 radical (unpaired) electrons. The number of nitrogens with zero attached hydrogens (tertiary/aromatic N) is 2. The number of hydrogen-bond donors (Lipinski definition) is 1. The van der Waals surface area contributed by atoms with Crippen molar-refractivity contribution in [1.82, 2.24) is 9.80 Å². The molecule has 5 nitrogen and oxygen atoms in total. The van der Waals surface area contributed by atoms with E-state index in [1.54, 1.807) is 31.0 Å². The zero-order chi connectivity index (χ0) is 22.5. The Morgan fingerprint density at radius 3 is 2.27 bits per heavy atom. The maximum Gasteiger partial charge on any atom is 0.418 e. The van der Waals surface area contributed by atoms with E-state index in [2.05, 4.69) is 5.32 Å². The third kappa shape index (κ3) is 6.47. The average molecular weight is 442 g/mol. The van der Waals surface area contributed by atoms with E-state index in [9.17, 15) is 22.8 Å². The Morgan fingerprint density at radius 2 is 1.67 bits per heavy atom. The summed E-state index contributed by atoms with van der Waals surface area (Å²) >= 11 is 5.87. The van der Waals surface area contributed by atoms with E-state index in [4.69, 9.17) is 11.6 Å². The lowest BCUT2D eigenvalue weighted by molar-refractivity contribution is -0.138. The number of anilines is 1. The zero-order valence-electron chi connectivity index (χ0n) is 16.8. The van der Waals surface area contributed by atoms with Gasteiger partial charge in [0.25, 0.3) is 0 Å². The van der Waals surface area contributed by atoms with Crippen molar-refractivity contribution in [3.63, 3.8) is 0 Å². The first-order chi connectivity index (χ1) is 14.0. The second-order valence-corrected chi connectivity index (χ2v) is 7.44. The fourth-order valence-corrected chi connectivity index (χ4v) is 2.97. The number of carbonyl (C=O) groups excluding carboxylic acids is 2. The fourth-order valence-electron chi connectivity index (χ4n) is 2.84. The van der Waals surface area contributed by atoms with Crippen LogP contribution in [0.2, 0.25) is 5.02 Å².